The van der Waals surface area contributed by atoms with Crippen LogP contribution in [-0.2, 0) is 5.60 Å². The summed E-state index contributed by atoms with van der Waals surface area (Å²) in [6.07, 6.45) is 11.1. The second-order valence-electron chi connectivity index (χ2n) is 10.6. The van der Waals surface area contributed by atoms with Crippen molar-refractivity contribution in [3.63, 3.8) is 0 Å². The Morgan fingerprint density at radius 3 is 2.39 bits per heavy atom. The predicted molar refractivity (Wildman–Crippen MR) is 105 cm³/mol. The number of hydrogen-bond donors (Lipinski definition) is 3. The molecule has 28 heavy (non-hydrogen) atoms. The van der Waals surface area contributed by atoms with Gasteiger partial charge in [0.1, 0.15) is 5.60 Å². The van der Waals surface area contributed by atoms with Gasteiger partial charge in [-0.15, -0.1) is 0 Å². The molecule has 0 aromatic carbocycles. The molecule has 0 amide bonds. The molecule has 0 unspecified atom stereocenters. The van der Waals surface area contributed by atoms with E-state index in [1.807, 2.05) is 0 Å². The molecule has 0 bridgehead atoms. The van der Waals surface area contributed by atoms with E-state index in [4.69, 9.17) is 0 Å². The first-order valence-corrected chi connectivity index (χ1v) is 11.1. The first-order chi connectivity index (χ1) is 13.2. The summed E-state index contributed by atoms with van der Waals surface area (Å²) >= 11 is 0. The summed E-state index contributed by atoms with van der Waals surface area (Å²) in [7, 11) is 0. The Kier molecular flexibility index (Phi) is 4.06. The number of nitrogens with zero attached hydrogens (tertiary/aromatic N) is 2. The molecule has 0 radical (unpaired) electrons. The first-order valence-electron chi connectivity index (χ1n) is 11.1. The van der Waals surface area contributed by atoms with Crippen LogP contribution in [0.15, 0.2) is 18.5 Å². The zero-order valence-corrected chi connectivity index (χ0v) is 17.1. The van der Waals surface area contributed by atoms with Gasteiger partial charge in [-0.25, -0.2) is 9.97 Å². The third kappa shape index (κ3) is 2.19. The van der Waals surface area contributed by atoms with E-state index in [9.17, 15) is 15.3 Å². The first kappa shape index (κ1) is 19.0. The largest absolute Gasteiger partial charge is 0.393 e. The number of aromatic nitrogens is 2. The van der Waals surface area contributed by atoms with Gasteiger partial charge >= 0.3 is 0 Å². The molecule has 4 aliphatic rings. The molecular weight excluding hydrogens is 352 g/mol. The number of aliphatic hydroxyl groups excluding tert-OH is 1. The highest BCUT2D eigenvalue weighted by Crippen LogP contribution is 2.71. The maximum absolute atomic E-state index is 12.2. The minimum absolute atomic E-state index is 0.154. The maximum Gasteiger partial charge on any atom is 0.160 e. The van der Waals surface area contributed by atoms with Gasteiger partial charge < -0.3 is 15.3 Å². The Morgan fingerprint density at radius 1 is 0.893 bits per heavy atom. The topological polar surface area (TPSA) is 86.5 Å². The third-order valence-corrected chi connectivity index (χ3v) is 9.91. The van der Waals surface area contributed by atoms with E-state index in [-0.39, 0.29) is 17.4 Å². The van der Waals surface area contributed by atoms with E-state index in [0.29, 0.717) is 30.5 Å². The quantitative estimate of drug-likeness (QED) is 0.690. The molecule has 5 rings (SSSR count). The Balaban J connectivity index is 1.52. The lowest BCUT2D eigenvalue weighted by molar-refractivity contribution is -0.239. The van der Waals surface area contributed by atoms with Gasteiger partial charge in [-0.2, -0.15) is 0 Å². The zero-order chi connectivity index (χ0) is 19.8. The smallest absolute Gasteiger partial charge is 0.160 e. The summed E-state index contributed by atoms with van der Waals surface area (Å²) < 4.78 is 0. The lowest BCUT2D eigenvalue weighted by atomic mass is 9.43. The van der Waals surface area contributed by atoms with Crippen LogP contribution in [0.4, 0.5) is 0 Å². The summed E-state index contributed by atoms with van der Waals surface area (Å²) in [6.45, 7) is 4.49. The summed E-state index contributed by atoms with van der Waals surface area (Å²) in [4.78, 5) is 8.78. The Hall–Kier alpha value is -1.04. The van der Waals surface area contributed by atoms with Crippen molar-refractivity contribution < 1.29 is 15.3 Å². The van der Waals surface area contributed by atoms with Crippen LogP contribution < -0.4 is 0 Å². The molecular formula is C23H34N2O3. The van der Waals surface area contributed by atoms with Crippen molar-refractivity contribution in [2.45, 2.75) is 88.9 Å². The minimum Gasteiger partial charge on any atom is -0.393 e. The Bertz CT molecular complexity index is 759. The highest BCUT2D eigenvalue weighted by Gasteiger charge is 2.72. The van der Waals surface area contributed by atoms with Crippen molar-refractivity contribution in [1.29, 1.82) is 0 Å². The molecule has 1 aromatic rings. The average Bonchev–Trinajstić information content (AvgIpc) is 2.91. The van der Waals surface area contributed by atoms with E-state index in [1.165, 1.54) is 0 Å². The molecule has 5 nitrogen and oxygen atoms in total. The number of fused-ring (bicyclic) bond motifs is 5. The molecule has 4 saturated carbocycles. The van der Waals surface area contributed by atoms with Gasteiger partial charge in [-0.1, -0.05) is 13.8 Å². The van der Waals surface area contributed by atoms with E-state index >= 15 is 0 Å². The van der Waals surface area contributed by atoms with Gasteiger partial charge in [0.15, 0.2) is 5.82 Å². The normalized spacial score (nSPS) is 53.2. The van der Waals surface area contributed by atoms with E-state index in [2.05, 4.69) is 23.8 Å². The molecule has 8 atom stereocenters. The van der Waals surface area contributed by atoms with Gasteiger partial charge in [0.25, 0.3) is 0 Å². The second-order valence-corrected chi connectivity index (χ2v) is 10.6. The van der Waals surface area contributed by atoms with Crippen LogP contribution >= 0.6 is 0 Å². The fourth-order valence-electron chi connectivity index (χ4n) is 8.09. The Labute approximate surface area is 167 Å². The van der Waals surface area contributed by atoms with Gasteiger partial charge in [0.05, 0.1) is 11.7 Å². The standard InChI is InChI=1S/C23H34N2O3/c1-20-8-6-16(26)14-15(20)4-5-18-17(20)7-9-21(2)22(18,27)10-11-23(21,28)19-24-12-3-13-25-19/h3,12-13,15-18,26-28H,4-11,14H2,1-2H3/t15-,16-,17-,18+,20-,21-,22-,23-/m0/s1. The highest BCUT2D eigenvalue weighted by molar-refractivity contribution is 5.25. The van der Waals surface area contributed by atoms with Crippen LogP contribution in [0.2, 0.25) is 0 Å². The van der Waals surface area contributed by atoms with Gasteiger partial charge in [-0.05, 0) is 87.0 Å². The van der Waals surface area contributed by atoms with Crippen LogP contribution in [0.25, 0.3) is 0 Å². The van der Waals surface area contributed by atoms with Crippen molar-refractivity contribution in [2.24, 2.45) is 28.6 Å². The minimum atomic E-state index is -1.17. The predicted octanol–water partition coefficient (Wildman–Crippen LogP) is 3.18. The molecule has 4 aliphatic carbocycles. The van der Waals surface area contributed by atoms with Gasteiger partial charge in [0, 0.05) is 17.8 Å². The fourth-order valence-corrected chi connectivity index (χ4v) is 8.09. The van der Waals surface area contributed by atoms with Crippen molar-refractivity contribution in [3.8, 4) is 0 Å². The second kappa shape index (κ2) is 5.99. The molecule has 1 heterocycles. The van der Waals surface area contributed by atoms with Crippen molar-refractivity contribution in [1.82, 2.24) is 9.97 Å². The summed E-state index contributed by atoms with van der Waals surface area (Å²) in [5.41, 5.74) is -2.48. The Morgan fingerprint density at radius 2 is 1.64 bits per heavy atom. The van der Waals surface area contributed by atoms with Crippen molar-refractivity contribution >= 4 is 0 Å². The highest BCUT2D eigenvalue weighted by atomic mass is 16.3. The van der Waals surface area contributed by atoms with Gasteiger partial charge in [-0.3, -0.25) is 0 Å². The van der Waals surface area contributed by atoms with Crippen LogP contribution in [-0.4, -0.2) is 37.0 Å². The zero-order valence-electron chi connectivity index (χ0n) is 17.1. The molecule has 0 saturated heterocycles. The molecule has 3 N–H and O–H groups in total. The van der Waals surface area contributed by atoms with Crippen molar-refractivity contribution in [3.05, 3.63) is 24.3 Å². The van der Waals surface area contributed by atoms with Crippen LogP contribution in [0.5, 0.6) is 0 Å². The number of hydrogen-bond acceptors (Lipinski definition) is 5. The summed E-state index contributed by atoms with van der Waals surface area (Å²) in [6, 6.07) is 1.77. The fraction of sp³-hybridized carbons (Fsp3) is 0.826. The molecule has 0 spiro atoms. The lowest BCUT2D eigenvalue weighted by Crippen LogP contribution is -2.64. The summed E-state index contributed by atoms with van der Waals surface area (Å²) in [5, 5.41) is 34.1. The average molecular weight is 387 g/mol. The van der Waals surface area contributed by atoms with Crippen LogP contribution in [0.3, 0.4) is 0 Å². The van der Waals surface area contributed by atoms with Crippen LogP contribution in [0, 0.1) is 28.6 Å². The third-order valence-electron chi connectivity index (χ3n) is 9.91. The molecule has 0 aliphatic heterocycles. The molecule has 5 heteroatoms. The van der Waals surface area contributed by atoms with E-state index in [1.54, 1.807) is 18.5 Å². The van der Waals surface area contributed by atoms with E-state index in [0.717, 1.165) is 44.9 Å². The summed E-state index contributed by atoms with van der Waals surface area (Å²) in [5.74, 6) is 1.70. The molecule has 154 valence electrons. The maximum atomic E-state index is 12.2. The van der Waals surface area contributed by atoms with Crippen LogP contribution in [0.1, 0.15) is 77.5 Å². The number of aliphatic hydroxyl groups is 3. The van der Waals surface area contributed by atoms with Crippen molar-refractivity contribution in [2.75, 3.05) is 0 Å². The van der Waals surface area contributed by atoms with Gasteiger partial charge in [0.2, 0.25) is 0 Å². The van der Waals surface area contributed by atoms with E-state index < -0.39 is 16.6 Å². The lowest BCUT2D eigenvalue weighted by Gasteiger charge is -2.64. The molecule has 4 fully saturated rings. The number of rotatable bonds is 1. The SMILES string of the molecule is C[C@]12CC[C@H](O)C[C@@H]1CC[C@@H]1[C@@H]2CC[C@]2(C)[C@@](O)(c3ncccn3)CC[C@]12O. The molecule has 1 aromatic heterocycles. The monoisotopic (exact) mass is 386 g/mol.